The van der Waals surface area contributed by atoms with Crippen molar-refractivity contribution in [1.29, 1.82) is 0 Å². The van der Waals surface area contributed by atoms with E-state index in [9.17, 15) is 4.79 Å². The lowest BCUT2D eigenvalue weighted by Crippen LogP contribution is -2.24. The fourth-order valence-electron chi connectivity index (χ4n) is 3.26. The summed E-state index contributed by atoms with van der Waals surface area (Å²) in [6.45, 7) is 4.57. The second-order valence-corrected chi connectivity index (χ2v) is 8.83. The van der Waals surface area contributed by atoms with E-state index in [1.165, 1.54) is 5.56 Å². The SMILES string of the molecule is COc1cc(/C=N/NC(=O)COc2ccc(Br)cc2C(C)C)ccc1OCCc1ccccc1. The highest BCUT2D eigenvalue weighted by molar-refractivity contribution is 9.10. The van der Waals surface area contributed by atoms with Crippen LogP contribution in [0, 0.1) is 0 Å². The Balaban J connectivity index is 1.50. The quantitative estimate of drug-likeness (QED) is 0.257. The number of hydrogen-bond donors (Lipinski definition) is 1. The number of carbonyl (C=O) groups excluding carboxylic acids is 1. The molecule has 0 heterocycles. The Labute approximate surface area is 209 Å². The monoisotopic (exact) mass is 524 g/mol. The van der Waals surface area contributed by atoms with E-state index in [0.717, 1.165) is 22.0 Å². The van der Waals surface area contributed by atoms with E-state index in [4.69, 9.17) is 14.2 Å². The molecular weight excluding hydrogens is 496 g/mol. The van der Waals surface area contributed by atoms with Crippen molar-refractivity contribution < 1.29 is 19.0 Å². The molecule has 7 heteroatoms. The van der Waals surface area contributed by atoms with Crippen molar-refractivity contribution in [2.45, 2.75) is 26.2 Å². The number of nitrogens with one attached hydrogen (secondary N) is 1. The van der Waals surface area contributed by atoms with Gasteiger partial charge in [0, 0.05) is 10.9 Å². The maximum atomic E-state index is 12.2. The van der Waals surface area contributed by atoms with E-state index in [1.807, 2.05) is 48.5 Å². The van der Waals surface area contributed by atoms with E-state index in [-0.39, 0.29) is 18.4 Å². The molecule has 1 amide bonds. The maximum Gasteiger partial charge on any atom is 0.277 e. The van der Waals surface area contributed by atoms with Crippen molar-refractivity contribution in [3.05, 3.63) is 87.9 Å². The molecule has 6 nitrogen and oxygen atoms in total. The molecular formula is C27H29BrN2O4. The van der Waals surface area contributed by atoms with Crippen LogP contribution in [0.3, 0.4) is 0 Å². The summed E-state index contributed by atoms with van der Waals surface area (Å²) < 4.78 is 18.0. The first-order valence-corrected chi connectivity index (χ1v) is 11.8. The van der Waals surface area contributed by atoms with Crippen LogP contribution in [-0.2, 0) is 11.2 Å². The number of benzene rings is 3. The van der Waals surface area contributed by atoms with Crippen molar-refractivity contribution in [1.82, 2.24) is 5.43 Å². The van der Waals surface area contributed by atoms with E-state index in [2.05, 4.69) is 52.4 Å². The molecule has 34 heavy (non-hydrogen) atoms. The fraction of sp³-hybridized carbons (Fsp3) is 0.259. The second-order valence-electron chi connectivity index (χ2n) is 7.91. The molecule has 0 aliphatic rings. The number of hydrogen-bond acceptors (Lipinski definition) is 5. The number of methoxy groups -OCH3 is 1. The van der Waals surface area contributed by atoms with E-state index >= 15 is 0 Å². The largest absolute Gasteiger partial charge is 0.493 e. The molecule has 0 aliphatic heterocycles. The zero-order chi connectivity index (χ0) is 24.3. The van der Waals surface area contributed by atoms with Gasteiger partial charge in [0.25, 0.3) is 5.91 Å². The molecule has 178 valence electrons. The Morgan fingerprint density at radius 1 is 1.00 bits per heavy atom. The molecule has 0 fully saturated rings. The van der Waals surface area contributed by atoms with E-state index < -0.39 is 0 Å². The number of halogens is 1. The van der Waals surface area contributed by atoms with Crippen LogP contribution in [0.4, 0.5) is 0 Å². The van der Waals surface area contributed by atoms with E-state index in [0.29, 0.717) is 23.9 Å². The first-order valence-electron chi connectivity index (χ1n) is 11.0. The average molecular weight is 525 g/mol. The van der Waals surface area contributed by atoms with Gasteiger partial charge in [0.15, 0.2) is 18.1 Å². The van der Waals surface area contributed by atoms with Gasteiger partial charge in [0.05, 0.1) is 19.9 Å². The van der Waals surface area contributed by atoms with Crippen LogP contribution in [0.2, 0.25) is 0 Å². The number of rotatable bonds is 11. The predicted octanol–water partition coefficient (Wildman–Crippen LogP) is 5.73. The summed E-state index contributed by atoms with van der Waals surface area (Å²) in [5, 5.41) is 4.02. The molecule has 3 aromatic rings. The van der Waals surface area contributed by atoms with Gasteiger partial charge < -0.3 is 14.2 Å². The fourth-order valence-corrected chi connectivity index (χ4v) is 3.64. The average Bonchev–Trinajstić information content (AvgIpc) is 2.84. The smallest absolute Gasteiger partial charge is 0.277 e. The molecule has 0 saturated heterocycles. The van der Waals surface area contributed by atoms with Gasteiger partial charge in [-0.15, -0.1) is 0 Å². The Kier molecular flexibility index (Phi) is 9.52. The minimum atomic E-state index is -0.346. The topological polar surface area (TPSA) is 69.2 Å². The van der Waals surface area contributed by atoms with Crippen LogP contribution in [0.1, 0.15) is 36.5 Å². The summed E-state index contributed by atoms with van der Waals surface area (Å²) in [7, 11) is 1.59. The molecule has 0 spiro atoms. The Hall–Kier alpha value is -3.32. The molecule has 1 N–H and O–H groups in total. The minimum absolute atomic E-state index is 0.129. The van der Waals surface area contributed by atoms with Crippen molar-refractivity contribution in [2.75, 3.05) is 20.3 Å². The molecule has 3 aromatic carbocycles. The van der Waals surface area contributed by atoms with Crippen molar-refractivity contribution >= 4 is 28.1 Å². The lowest BCUT2D eigenvalue weighted by molar-refractivity contribution is -0.123. The van der Waals surface area contributed by atoms with Gasteiger partial charge >= 0.3 is 0 Å². The first-order chi connectivity index (χ1) is 16.5. The van der Waals surface area contributed by atoms with Gasteiger partial charge in [-0.1, -0.05) is 60.1 Å². The lowest BCUT2D eigenvalue weighted by atomic mass is 10.0. The van der Waals surface area contributed by atoms with Gasteiger partial charge in [-0.05, 0) is 59.0 Å². The first kappa shape index (κ1) is 25.3. The summed E-state index contributed by atoms with van der Waals surface area (Å²) in [5.74, 6) is 1.87. The molecule has 0 aliphatic carbocycles. The minimum Gasteiger partial charge on any atom is -0.493 e. The highest BCUT2D eigenvalue weighted by Gasteiger charge is 2.10. The summed E-state index contributed by atoms with van der Waals surface area (Å²) in [4.78, 5) is 12.2. The third kappa shape index (κ3) is 7.63. The van der Waals surface area contributed by atoms with Crippen molar-refractivity contribution in [2.24, 2.45) is 5.10 Å². The number of carbonyl (C=O) groups is 1. The molecule has 0 saturated carbocycles. The van der Waals surface area contributed by atoms with Crippen LogP contribution in [-0.4, -0.2) is 32.4 Å². The predicted molar refractivity (Wildman–Crippen MR) is 138 cm³/mol. The number of ether oxygens (including phenoxy) is 3. The molecule has 0 aromatic heterocycles. The summed E-state index contributed by atoms with van der Waals surface area (Å²) in [5.41, 5.74) is 5.50. The maximum absolute atomic E-state index is 12.2. The summed E-state index contributed by atoms with van der Waals surface area (Å²) in [6, 6.07) is 21.4. The highest BCUT2D eigenvalue weighted by Crippen LogP contribution is 2.30. The number of hydrazone groups is 1. The zero-order valence-corrected chi connectivity index (χ0v) is 21.2. The molecule has 0 bridgehead atoms. The van der Waals surface area contributed by atoms with Gasteiger partial charge in [-0.2, -0.15) is 5.10 Å². The van der Waals surface area contributed by atoms with Crippen molar-refractivity contribution in [3.8, 4) is 17.2 Å². The standard InChI is InChI=1S/C27H29BrN2O4/c1-19(2)23-16-22(28)10-12-24(23)34-18-27(31)30-29-17-21-9-11-25(26(15-21)32-3)33-14-13-20-7-5-4-6-8-20/h4-12,15-17,19H,13-14,18H2,1-3H3,(H,30,31)/b29-17+. The normalized spacial score (nSPS) is 11.0. The molecule has 3 rings (SSSR count). The van der Waals surface area contributed by atoms with Crippen LogP contribution in [0.5, 0.6) is 17.2 Å². The summed E-state index contributed by atoms with van der Waals surface area (Å²) in [6.07, 6.45) is 2.35. The van der Waals surface area contributed by atoms with Gasteiger partial charge in [0.1, 0.15) is 5.75 Å². The highest BCUT2D eigenvalue weighted by atomic mass is 79.9. The zero-order valence-electron chi connectivity index (χ0n) is 19.6. The lowest BCUT2D eigenvalue weighted by Gasteiger charge is -2.14. The third-order valence-corrected chi connectivity index (χ3v) is 5.53. The van der Waals surface area contributed by atoms with E-state index in [1.54, 1.807) is 19.4 Å². The second kappa shape index (κ2) is 12.8. The van der Waals surface area contributed by atoms with Gasteiger partial charge in [0.2, 0.25) is 0 Å². The third-order valence-electron chi connectivity index (χ3n) is 5.03. The molecule has 0 radical (unpaired) electrons. The Bertz CT molecular complexity index is 1120. The van der Waals surface area contributed by atoms with Gasteiger partial charge in [-0.3, -0.25) is 4.79 Å². The summed E-state index contributed by atoms with van der Waals surface area (Å²) >= 11 is 3.47. The molecule has 0 atom stereocenters. The van der Waals surface area contributed by atoms with Crippen molar-refractivity contribution in [3.63, 3.8) is 0 Å². The van der Waals surface area contributed by atoms with Crippen LogP contribution in [0.15, 0.2) is 76.3 Å². The van der Waals surface area contributed by atoms with Crippen LogP contribution in [0.25, 0.3) is 0 Å². The van der Waals surface area contributed by atoms with Crippen LogP contribution < -0.4 is 19.6 Å². The van der Waals surface area contributed by atoms with Gasteiger partial charge in [-0.25, -0.2) is 5.43 Å². The Morgan fingerprint density at radius 2 is 1.76 bits per heavy atom. The number of amides is 1. The van der Waals surface area contributed by atoms with Crippen LogP contribution >= 0.6 is 15.9 Å². The molecule has 0 unspecified atom stereocenters. The number of nitrogens with zero attached hydrogens (tertiary/aromatic N) is 1. The Morgan fingerprint density at radius 3 is 2.50 bits per heavy atom.